The lowest BCUT2D eigenvalue weighted by Crippen LogP contribution is -2.13. The largest absolute Gasteiger partial charge is 0.381 e. The highest BCUT2D eigenvalue weighted by atomic mass is 79.9. The zero-order valence-electron chi connectivity index (χ0n) is 12.7. The molecule has 0 amide bonds. The summed E-state index contributed by atoms with van der Waals surface area (Å²) in [5.74, 6) is 2.89. The second-order valence-corrected chi connectivity index (χ2v) is 6.89. The molecule has 1 saturated carbocycles. The number of hydrogen-bond acceptors (Lipinski definition) is 4. The van der Waals surface area contributed by atoms with Crippen molar-refractivity contribution in [3.8, 4) is 0 Å². The Morgan fingerprint density at radius 1 is 1.19 bits per heavy atom. The van der Waals surface area contributed by atoms with E-state index in [0.29, 0.717) is 11.8 Å². The summed E-state index contributed by atoms with van der Waals surface area (Å²) >= 11 is 3.75. The van der Waals surface area contributed by atoms with Gasteiger partial charge in [-0.05, 0) is 41.6 Å². The first-order valence-corrected chi connectivity index (χ1v) is 8.97. The molecular weight excluding hydrogens is 330 g/mol. The summed E-state index contributed by atoms with van der Waals surface area (Å²) in [5.41, 5.74) is 1.21. The van der Waals surface area contributed by atoms with E-state index in [4.69, 9.17) is 14.7 Å². The van der Waals surface area contributed by atoms with E-state index < -0.39 is 0 Å². The summed E-state index contributed by atoms with van der Waals surface area (Å²) in [6.45, 7) is 4.71. The summed E-state index contributed by atoms with van der Waals surface area (Å²) in [6.07, 6.45) is 7.28. The second kappa shape index (κ2) is 7.05. The van der Waals surface area contributed by atoms with Crippen LogP contribution in [0.3, 0.4) is 0 Å². The molecule has 2 heterocycles. The molecule has 1 aliphatic carbocycles. The van der Waals surface area contributed by atoms with Crippen LogP contribution in [0.1, 0.15) is 68.8 Å². The van der Waals surface area contributed by atoms with E-state index in [1.54, 1.807) is 0 Å². The molecule has 0 bridgehead atoms. The Hall–Kier alpha value is -0.680. The second-order valence-electron chi connectivity index (χ2n) is 6.10. The van der Waals surface area contributed by atoms with Crippen molar-refractivity contribution in [2.24, 2.45) is 0 Å². The van der Waals surface area contributed by atoms with Crippen molar-refractivity contribution in [3.05, 3.63) is 16.0 Å². The minimum Gasteiger partial charge on any atom is -0.381 e. The SMILES string of the molecule is CCCNc1nc(C2CCOC2)nc(C2CCCC2)c1Br. The Kier molecular flexibility index (Phi) is 5.11. The van der Waals surface area contributed by atoms with Crippen molar-refractivity contribution in [2.75, 3.05) is 25.1 Å². The molecule has 1 aromatic heterocycles. The highest BCUT2D eigenvalue weighted by Gasteiger charge is 2.27. The molecule has 0 radical (unpaired) electrons. The summed E-state index contributed by atoms with van der Waals surface area (Å²) in [5, 5.41) is 3.45. The number of aromatic nitrogens is 2. The van der Waals surface area contributed by atoms with Gasteiger partial charge >= 0.3 is 0 Å². The normalized spacial score (nSPS) is 22.9. The third-order valence-electron chi connectivity index (χ3n) is 4.47. The van der Waals surface area contributed by atoms with Crippen molar-refractivity contribution >= 4 is 21.7 Å². The van der Waals surface area contributed by atoms with Crippen LogP contribution in [0, 0.1) is 0 Å². The standard InChI is InChI=1S/C16H24BrN3O/c1-2-8-18-16-13(17)14(11-5-3-4-6-11)19-15(20-16)12-7-9-21-10-12/h11-12H,2-10H2,1H3,(H,18,19,20). The Morgan fingerprint density at radius 3 is 2.67 bits per heavy atom. The number of halogens is 1. The summed E-state index contributed by atoms with van der Waals surface area (Å²) in [4.78, 5) is 9.70. The van der Waals surface area contributed by atoms with Gasteiger partial charge < -0.3 is 10.1 Å². The molecule has 1 aliphatic heterocycles. The van der Waals surface area contributed by atoms with E-state index in [-0.39, 0.29) is 0 Å². The van der Waals surface area contributed by atoms with Crippen LogP contribution in [0.25, 0.3) is 0 Å². The molecule has 5 heteroatoms. The van der Waals surface area contributed by atoms with Gasteiger partial charge in [0.1, 0.15) is 11.6 Å². The lowest BCUT2D eigenvalue weighted by atomic mass is 10.0. The first-order valence-electron chi connectivity index (χ1n) is 8.18. The number of ether oxygens (including phenoxy) is 1. The maximum atomic E-state index is 5.52. The predicted octanol–water partition coefficient (Wildman–Crippen LogP) is 4.22. The molecule has 0 spiro atoms. The van der Waals surface area contributed by atoms with Gasteiger partial charge in [-0.2, -0.15) is 0 Å². The van der Waals surface area contributed by atoms with Crippen LogP contribution >= 0.6 is 15.9 Å². The number of nitrogens with zero attached hydrogens (tertiary/aromatic N) is 2. The number of anilines is 1. The van der Waals surface area contributed by atoms with Crippen LogP contribution in [0.4, 0.5) is 5.82 Å². The van der Waals surface area contributed by atoms with E-state index in [1.165, 1.54) is 31.4 Å². The first kappa shape index (κ1) is 15.2. The maximum absolute atomic E-state index is 5.52. The average molecular weight is 354 g/mol. The summed E-state index contributed by atoms with van der Waals surface area (Å²) < 4.78 is 6.59. The molecule has 1 N–H and O–H groups in total. The number of hydrogen-bond donors (Lipinski definition) is 1. The molecule has 2 aliphatic rings. The van der Waals surface area contributed by atoms with Crippen molar-refractivity contribution in [3.63, 3.8) is 0 Å². The predicted molar refractivity (Wildman–Crippen MR) is 87.9 cm³/mol. The van der Waals surface area contributed by atoms with Gasteiger partial charge in [0, 0.05) is 25.0 Å². The fourth-order valence-electron chi connectivity index (χ4n) is 3.23. The van der Waals surface area contributed by atoms with E-state index in [1.807, 2.05) is 0 Å². The Morgan fingerprint density at radius 2 is 2.00 bits per heavy atom. The lowest BCUT2D eigenvalue weighted by Gasteiger charge is -2.18. The third-order valence-corrected chi connectivity index (χ3v) is 5.26. The number of rotatable bonds is 5. The maximum Gasteiger partial charge on any atom is 0.144 e. The fourth-order valence-corrected chi connectivity index (χ4v) is 3.87. The van der Waals surface area contributed by atoms with Gasteiger partial charge in [-0.25, -0.2) is 9.97 Å². The average Bonchev–Trinajstić information content (AvgIpc) is 3.19. The van der Waals surface area contributed by atoms with E-state index in [2.05, 4.69) is 28.2 Å². The molecule has 1 atom stereocenters. The molecule has 3 rings (SSSR count). The first-order chi connectivity index (χ1) is 10.3. The molecule has 0 aromatic carbocycles. The molecular formula is C16H24BrN3O. The summed E-state index contributed by atoms with van der Waals surface area (Å²) in [6, 6.07) is 0. The van der Waals surface area contributed by atoms with Crippen LogP contribution in [0.2, 0.25) is 0 Å². The molecule has 1 aromatic rings. The minimum atomic E-state index is 0.362. The zero-order valence-corrected chi connectivity index (χ0v) is 14.3. The van der Waals surface area contributed by atoms with Crippen molar-refractivity contribution < 1.29 is 4.74 Å². The van der Waals surface area contributed by atoms with Gasteiger partial charge in [-0.1, -0.05) is 19.8 Å². The van der Waals surface area contributed by atoms with Gasteiger partial charge in [0.05, 0.1) is 16.8 Å². The Balaban J connectivity index is 1.93. The van der Waals surface area contributed by atoms with Crippen molar-refractivity contribution in [1.82, 2.24) is 9.97 Å². The van der Waals surface area contributed by atoms with Crippen LogP contribution in [-0.2, 0) is 4.74 Å². The Bertz CT molecular complexity index is 483. The van der Waals surface area contributed by atoms with Crippen LogP contribution in [0.15, 0.2) is 4.47 Å². The summed E-state index contributed by atoms with van der Waals surface area (Å²) in [7, 11) is 0. The smallest absolute Gasteiger partial charge is 0.144 e. The monoisotopic (exact) mass is 353 g/mol. The molecule has 4 nitrogen and oxygen atoms in total. The van der Waals surface area contributed by atoms with Gasteiger partial charge in [0.15, 0.2) is 0 Å². The minimum absolute atomic E-state index is 0.362. The fraction of sp³-hybridized carbons (Fsp3) is 0.750. The highest BCUT2D eigenvalue weighted by molar-refractivity contribution is 9.10. The van der Waals surface area contributed by atoms with Gasteiger partial charge in [-0.15, -0.1) is 0 Å². The van der Waals surface area contributed by atoms with Gasteiger partial charge in [0.2, 0.25) is 0 Å². The third kappa shape index (κ3) is 3.39. The molecule has 1 unspecified atom stereocenters. The quantitative estimate of drug-likeness (QED) is 0.860. The van der Waals surface area contributed by atoms with Crippen molar-refractivity contribution in [1.29, 1.82) is 0 Å². The molecule has 2 fully saturated rings. The van der Waals surface area contributed by atoms with E-state index >= 15 is 0 Å². The van der Waals surface area contributed by atoms with E-state index in [9.17, 15) is 0 Å². The van der Waals surface area contributed by atoms with Gasteiger partial charge in [-0.3, -0.25) is 0 Å². The molecule has 1 saturated heterocycles. The van der Waals surface area contributed by atoms with Gasteiger partial charge in [0.25, 0.3) is 0 Å². The molecule has 116 valence electrons. The number of nitrogens with one attached hydrogen (secondary N) is 1. The van der Waals surface area contributed by atoms with E-state index in [0.717, 1.165) is 48.7 Å². The van der Waals surface area contributed by atoms with Crippen LogP contribution in [-0.4, -0.2) is 29.7 Å². The topological polar surface area (TPSA) is 47.0 Å². The van der Waals surface area contributed by atoms with Crippen molar-refractivity contribution in [2.45, 2.75) is 57.3 Å². The molecule has 21 heavy (non-hydrogen) atoms. The van der Waals surface area contributed by atoms with Crippen LogP contribution in [0.5, 0.6) is 0 Å². The lowest BCUT2D eigenvalue weighted by molar-refractivity contribution is 0.193. The Labute approximate surface area is 135 Å². The zero-order chi connectivity index (χ0) is 14.7. The highest BCUT2D eigenvalue weighted by Crippen LogP contribution is 2.39. The van der Waals surface area contributed by atoms with Crippen LogP contribution < -0.4 is 5.32 Å².